The van der Waals surface area contributed by atoms with Crippen molar-refractivity contribution in [2.75, 3.05) is 20.3 Å². The van der Waals surface area contributed by atoms with Gasteiger partial charge in [-0.05, 0) is 19.4 Å². The summed E-state index contributed by atoms with van der Waals surface area (Å²) in [4.78, 5) is 13.8. The van der Waals surface area contributed by atoms with E-state index < -0.39 is 0 Å². The maximum Gasteiger partial charge on any atom is 0.317 e. The van der Waals surface area contributed by atoms with Gasteiger partial charge in [-0.2, -0.15) is 0 Å². The van der Waals surface area contributed by atoms with Crippen LogP contribution in [-0.2, 0) is 11.3 Å². The molecule has 0 aliphatic heterocycles. The van der Waals surface area contributed by atoms with Crippen LogP contribution in [0, 0.1) is 0 Å². The quantitative estimate of drug-likeness (QED) is 0.841. The van der Waals surface area contributed by atoms with Gasteiger partial charge >= 0.3 is 6.03 Å². The number of urea groups is 1. The van der Waals surface area contributed by atoms with Crippen molar-refractivity contribution in [3.63, 3.8) is 0 Å². The highest BCUT2D eigenvalue weighted by Gasteiger charge is 2.15. The number of ether oxygens (including phenoxy) is 1. The fraction of sp³-hybridized carbons (Fsp3) is 0.500. The fourth-order valence-corrected chi connectivity index (χ4v) is 1.66. The van der Waals surface area contributed by atoms with Crippen molar-refractivity contribution in [1.82, 2.24) is 10.2 Å². The lowest BCUT2D eigenvalue weighted by atomic mass is 10.2. The summed E-state index contributed by atoms with van der Waals surface area (Å²) in [6.07, 6.45) is 0. The van der Waals surface area contributed by atoms with Crippen LogP contribution in [0.2, 0.25) is 0 Å². The smallest absolute Gasteiger partial charge is 0.317 e. The van der Waals surface area contributed by atoms with Gasteiger partial charge in [-0.1, -0.05) is 30.3 Å². The molecule has 1 aromatic carbocycles. The number of methoxy groups -OCH3 is 1. The minimum absolute atomic E-state index is 0.0501. The molecule has 100 valence electrons. The van der Waals surface area contributed by atoms with Gasteiger partial charge in [0.1, 0.15) is 0 Å². The molecule has 0 saturated heterocycles. The van der Waals surface area contributed by atoms with Gasteiger partial charge in [0, 0.05) is 26.2 Å². The van der Waals surface area contributed by atoms with Crippen LogP contribution in [0.1, 0.15) is 19.4 Å². The molecule has 0 bridgehead atoms. The Morgan fingerprint density at radius 1 is 1.33 bits per heavy atom. The van der Waals surface area contributed by atoms with Crippen LogP contribution in [0.25, 0.3) is 0 Å². The summed E-state index contributed by atoms with van der Waals surface area (Å²) in [7, 11) is 1.64. The summed E-state index contributed by atoms with van der Waals surface area (Å²) < 4.78 is 5.01. The molecular weight excluding hydrogens is 228 g/mol. The first-order chi connectivity index (χ1) is 8.65. The average Bonchev–Trinajstić information content (AvgIpc) is 2.37. The van der Waals surface area contributed by atoms with E-state index >= 15 is 0 Å². The van der Waals surface area contributed by atoms with Gasteiger partial charge in [-0.3, -0.25) is 0 Å². The zero-order chi connectivity index (χ0) is 13.4. The number of nitrogens with one attached hydrogen (secondary N) is 1. The molecule has 0 aliphatic carbocycles. The predicted molar refractivity (Wildman–Crippen MR) is 72.4 cm³/mol. The Kier molecular flexibility index (Phi) is 6.22. The molecule has 0 heterocycles. The summed E-state index contributed by atoms with van der Waals surface area (Å²) in [5, 5.41) is 2.92. The second-order valence-corrected chi connectivity index (χ2v) is 4.42. The lowest BCUT2D eigenvalue weighted by Crippen LogP contribution is -2.45. The van der Waals surface area contributed by atoms with Crippen LogP contribution < -0.4 is 5.32 Å². The molecule has 0 fully saturated rings. The highest BCUT2D eigenvalue weighted by Crippen LogP contribution is 2.01. The molecule has 1 rings (SSSR count). The van der Waals surface area contributed by atoms with Gasteiger partial charge in [0.15, 0.2) is 0 Å². The van der Waals surface area contributed by atoms with Crippen LogP contribution in [0.4, 0.5) is 4.79 Å². The Morgan fingerprint density at radius 2 is 2.00 bits per heavy atom. The maximum absolute atomic E-state index is 12.0. The first-order valence-electron chi connectivity index (χ1n) is 6.22. The number of benzene rings is 1. The van der Waals surface area contributed by atoms with E-state index in [-0.39, 0.29) is 12.1 Å². The third-order valence-electron chi connectivity index (χ3n) is 2.71. The molecule has 0 aliphatic rings. The first-order valence-corrected chi connectivity index (χ1v) is 6.22. The minimum Gasteiger partial charge on any atom is -0.383 e. The van der Waals surface area contributed by atoms with Crippen molar-refractivity contribution < 1.29 is 9.53 Å². The Hall–Kier alpha value is -1.55. The second kappa shape index (κ2) is 7.71. The Bertz CT molecular complexity index is 352. The molecule has 0 aromatic heterocycles. The van der Waals surface area contributed by atoms with Gasteiger partial charge in [0.05, 0.1) is 6.61 Å². The van der Waals surface area contributed by atoms with E-state index in [1.54, 1.807) is 12.0 Å². The van der Waals surface area contributed by atoms with Crippen LogP contribution in [0.15, 0.2) is 30.3 Å². The number of amides is 2. The van der Waals surface area contributed by atoms with E-state index in [9.17, 15) is 4.79 Å². The molecule has 0 atom stereocenters. The number of carbonyl (C=O) groups excluding carboxylic acids is 1. The summed E-state index contributed by atoms with van der Waals surface area (Å²) in [6.45, 7) is 5.71. The fourth-order valence-electron chi connectivity index (χ4n) is 1.66. The third kappa shape index (κ3) is 4.75. The molecule has 1 aromatic rings. The largest absolute Gasteiger partial charge is 0.383 e. The van der Waals surface area contributed by atoms with E-state index in [1.807, 2.05) is 44.2 Å². The average molecular weight is 250 g/mol. The van der Waals surface area contributed by atoms with Crippen LogP contribution in [0.3, 0.4) is 0 Å². The van der Waals surface area contributed by atoms with Crippen molar-refractivity contribution >= 4 is 6.03 Å². The van der Waals surface area contributed by atoms with Gasteiger partial charge in [-0.15, -0.1) is 0 Å². The standard InChI is InChI=1S/C14H22N2O2/c1-12(2)16(9-10-18-3)14(17)15-11-13-7-5-4-6-8-13/h4-8,12H,9-11H2,1-3H3,(H,15,17). The molecule has 18 heavy (non-hydrogen) atoms. The number of hydrogen-bond donors (Lipinski definition) is 1. The molecule has 4 heteroatoms. The van der Waals surface area contributed by atoms with E-state index in [0.29, 0.717) is 19.7 Å². The number of nitrogens with zero attached hydrogens (tertiary/aromatic N) is 1. The first kappa shape index (κ1) is 14.5. The lowest BCUT2D eigenvalue weighted by molar-refractivity contribution is 0.136. The molecule has 0 spiro atoms. The highest BCUT2D eigenvalue weighted by molar-refractivity contribution is 5.74. The SMILES string of the molecule is COCCN(C(=O)NCc1ccccc1)C(C)C. The monoisotopic (exact) mass is 250 g/mol. The van der Waals surface area contributed by atoms with Crippen molar-refractivity contribution in [2.24, 2.45) is 0 Å². The number of hydrogen-bond acceptors (Lipinski definition) is 2. The van der Waals surface area contributed by atoms with Gasteiger partial charge in [0.2, 0.25) is 0 Å². The van der Waals surface area contributed by atoms with Crippen molar-refractivity contribution in [1.29, 1.82) is 0 Å². The second-order valence-electron chi connectivity index (χ2n) is 4.42. The van der Waals surface area contributed by atoms with Crippen molar-refractivity contribution in [2.45, 2.75) is 26.4 Å². The van der Waals surface area contributed by atoms with E-state index in [4.69, 9.17) is 4.74 Å². The Labute approximate surface area is 109 Å². The van der Waals surface area contributed by atoms with E-state index in [1.165, 1.54) is 0 Å². The Balaban J connectivity index is 2.46. The minimum atomic E-state index is -0.0501. The topological polar surface area (TPSA) is 41.6 Å². The zero-order valence-corrected chi connectivity index (χ0v) is 11.3. The van der Waals surface area contributed by atoms with Gasteiger partial charge in [-0.25, -0.2) is 4.79 Å². The van der Waals surface area contributed by atoms with E-state index in [2.05, 4.69) is 5.32 Å². The Morgan fingerprint density at radius 3 is 2.56 bits per heavy atom. The zero-order valence-electron chi connectivity index (χ0n) is 11.3. The van der Waals surface area contributed by atoms with Gasteiger partial charge in [0.25, 0.3) is 0 Å². The molecule has 0 unspecified atom stereocenters. The summed E-state index contributed by atoms with van der Waals surface area (Å²) in [6, 6.07) is 10.00. The van der Waals surface area contributed by atoms with Crippen LogP contribution >= 0.6 is 0 Å². The van der Waals surface area contributed by atoms with Gasteiger partial charge < -0.3 is 15.0 Å². The molecule has 0 radical (unpaired) electrons. The lowest BCUT2D eigenvalue weighted by Gasteiger charge is -2.26. The van der Waals surface area contributed by atoms with Crippen LogP contribution in [-0.4, -0.2) is 37.2 Å². The van der Waals surface area contributed by atoms with E-state index in [0.717, 1.165) is 5.56 Å². The molecule has 1 N–H and O–H groups in total. The van der Waals surface area contributed by atoms with Crippen LogP contribution in [0.5, 0.6) is 0 Å². The van der Waals surface area contributed by atoms with Crippen molar-refractivity contribution in [3.8, 4) is 0 Å². The highest BCUT2D eigenvalue weighted by atomic mass is 16.5. The molecular formula is C14H22N2O2. The number of carbonyl (C=O) groups is 1. The van der Waals surface area contributed by atoms with Crippen molar-refractivity contribution in [3.05, 3.63) is 35.9 Å². The summed E-state index contributed by atoms with van der Waals surface area (Å²) in [5.41, 5.74) is 1.10. The number of rotatable bonds is 6. The third-order valence-corrected chi connectivity index (χ3v) is 2.71. The maximum atomic E-state index is 12.0. The predicted octanol–water partition coefficient (Wildman–Crippen LogP) is 2.25. The molecule has 2 amide bonds. The summed E-state index contributed by atoms with van der Waals surface area (Å²) in [5.74, 6) is 0. The summed E-state index contributed by atoms with van der Waals surface area (Å²) >= 11 is 0. The molecule has 4 nitrogen and oxygen atoms in total. The molecule has 0 saturated carbocycles. The normalized spacial score (nSPS) is 10.4.